The Bertz CT molecular complexity index is 633. The van der Waals surface area contributed by atoms with Gasteiger partial charge in [0.1, 0.15) is 0 Å². The second-order valence-electron chi connectivity index (χ2n) is 9.86. The van der Waals surface area contributed by atoms with Crippen molar-refractivity contribution < 1.29 is 19.7 Å². The fourth-order valence-corrected chi connectivity index (χ4v) is 6.09. The minimum absolute atomic E-state index is 0.169. The quantitative estimate of drug-likeness (QED) is 0.469. The number of ether oxygens (including phenoxy) is 1. The van der Waals surface area contributed by atoms with E-state index in [1.165, 1.54) is 18.4 Å². The molecule has 5 heteroatoms. The first kappa shape index (κ1) is 22.0. The van der Waals surface area contributed by atoms with Crippen molar-refractivity contribution in [2.75, 3.05) is 26.3 Å². The Morgan fingerprint density at radius 3 is 2.77 bits per heavy atom. The number of fused-ring (bicyclic) bond motifs is 1. The molecule has 3 aliphatic carbocycles. The lowest BCUT2D eigenvalue weighted by molar-refractivity contribution is -0.135. The predicted molar refractivity (Wildman–Crippen MR) is 117 cm³/mol. The van der Waals surface area contributed by atoms with Gasteiger partial charge in [-0.15, -0.1) is 0 Å². The number of hydrogen-bond acceptors (Lipinski definition) is 4. The van der Waals surface area contributed by atoms with Gasteiger partial charge in [-0.25, -0.2) is 0 Å². The zero-order valence-electron chi connectivity index (χ0n) is 18.3. The molecule has 1 aliphatic heterocycles. The summed E-state index contributed by atoms with van der Waals surface area (Å²) in [6, 6.07) is 0. The Balaban J connectivity index is 1.19. The highest BCUT2D eigenvalue weighted by Crippen LogP contribution is 2.48. The summed E-state index contributed by atoms with van der Waals surface area (Å²) in [5, 5.41) is 21.0. The highest BCUT2D eigenvalue weighted by Gasteiger charge is 2.43. The molecule has 1 saturated heterocycles. The lowest BCUT2D eigenvalue weighted by Gasteiger charge is -2.26. The maximum absolute atomic E-state index is 12.3. The number of carbonyl (C=O) groups is 1. The molecule has 2 N–H and O–H groups in total. The fraction of sp³-hybridized carbons (Fsp3) is 0.800. The molecule has 0 aromatic carbocycles. The van der Waals surface area contributed by atoms with Gasteiger partial charge in [0.25, 0.3) is 0 Å². The van der Waals surface area contributed by atoms with Crippen LogP contribution in [0.15, 0.2) is 23.8 Å². The monoisotopic (exact) mass is 417 g/mol. The molecule has 0 unspecified atom stereocenters. The average molecular weight is 418 g/mol. The van der Waals surface area contributed by atoms with E-state index in [0.717, 1.165) is 58.0 Å². The number of aliphatic hydroxyl groups is 2. The van der Waals surface area contributed by atoms with Crippen LogP contribution in [-0.4, -0.2) is 59.5 Å². The zero-order valence-corrected chi connectivity index (χ0v) is 18.3. The van der Waals surface area contributed by atoms with E-state index in [0.29, 0.717) is 37.4 Å². The second-order valence-corrected chi connectivity index (χ2v) is 9.86. The standard InChI is InChI=1S/C25H39NO4/c27-23(19-6-2-3-7-19)10-9-21-22-16-18(15-20(22)17-24(21)28)5-1-4-8-25(29)26-11-13-30-14-12-26/h9-10,15,19-24,27-28H,1-8,11-14,16-17H2/t20-,21+,22-,23+,24+/m0/s1. The van der Waals surface area contributed by atoms with Crippen molar-refractivity contribution in [1.29, 1.82) is 0 Å². The molecule has 2 saturated carbocycles. The molecular weight excluding hydrogens is 378 g/mol. The normalized spacial score (nSPS) is 33.3. The van der Waals surface area contributed by atoms with E-state index in [2.05, 4.69) is 12.2 Å². The Hall–Kier alpha value is -1.17. The summed E-state index contributed by atoms with van der Waals surface area (Å²) in [6.45, 7) is 2.81. The number of rotatable bonds is 8. The third-order valence-corrected chi connectivity index (χ3v) is 7.87. The molecule has 1 amide bonds. The van der Waals surface area contributed by atoms with Crippen molar-refractivity contribution in [3.63, 3.8) is 0 Å². The molecule has 4 rings (SSSR count). The van der Waals surface area contributed by atoms with Crippen LogP contribution >= 0.6 is 0 Å². The van der Waals surface area contributed by atoms with E-state index >= 15 is 0 Å². The summed E-state index contributed by atoms with van der Waals surface area (Å²) in [6.07, 6.45) is 16.2. The molecule has 0 bridgehead atoms. The molecule has 4 aliphatic rings. The average Bonchev–Trinajstić information content (AvgIpc) is 3.47. The van der Waals surface area contributed by atoms with Gasteiger partial charge in [0.05, 0.1) is 25.4 Å². The molecule has 5 nitrogen and oxygen atoms in total. The summed E-state index contributed by atoms with van der Waals surface area (Å²) < 4.78 is 5.31. The molecule has 0 spiro atoms. The van der Waals surface area contributed by atoms with Gasteiger partial charge >= 0.3 is 0 Å². The van der Waals surface area contributed by atoms with Gasteiger partial charge in [0.2, 0.25) is 5.91 Å². The van der Waals surface area contributed by atoms with E-state index in [-0.39, 0.29) is 24.0 Å². The minimum Gasteiger partial charge on any atom is -0.392 e. The van der Waals surface area contributed by atoms with Gasteiger partial charge in [-0.1, -0.05) is 36.6 Å². The van der Waals surface area contributed by atoms with Crippen molar-refractivity contribution >= 4 is 5.91 Å². The van der Waals surface area contributed by atoms with E-state index in [1.54, 1.807) is 0 Å². The van der Waals surface area contributed by atoms with Crippen LogP contribution in [0, 0.1) is 23.7 Å². The lowest BCUT2D eigenvalue weighted by atomic mass is 9.88. The first-order valence-corrected chi connectivity index (χ1v) is 12.2. The van der Waals surface area contributed by atoms with Crippen molar-refractivity contribution in [1.82, 2.24) is 4.90 Å². The highest BCUT2D eigenvalue weighted by molar-refractivity contribution is 5.76. The van der Waals surface area contributed by atoms with Crippen molar-refractivity contribution in [3.05, 3.63) is 23.8 Å². The Morgan fingerprint density at radius 1 is 1.23 bits per heavy atom. The summed E-state index contributed by atoms with van der Waals surface area (Å²) in [5.41, 5.74) is 1.51. The number of hydrogen-bond donors (Lipinski definition) is 2. The first-order valence-electron chi connectivity index (χ1n) is 12.2. The number of nitrogens with zero attached hydrogens (tertiary/aromatic N) is 1. The Kier molecular flexibility index (Phi) is 7.66. The number of allylic oxidation sites excluding steroid dienone is 2. The van der Waals surface area contributed by atoms with Crippen LogP contribution in [0.25, 0.3) is 0 Å². The van der Waals surface area contributed by atoms with Crippen LogP contribution in [0.1, 0.15) is 64.2 Å². The Morgan fingerprint density at radius 2 is 2.00 bits per heavy atom. The lowest BCUT2D eigenvalue weighted by Crippen LogP contribution is -2.40. The number of amides is 1. The van der Waals surface area contributed by atoms with Gasteiger partial charge in [0, 0.05) is 25.4 Å². The summed E-state index contributed by atoms with van der Waals surface area (Å²) >= 11 is 0. The SMILES string of the molecule is O=C(CCCCC1=C[C@H]2C[C@@H](O)[C@H](C=C[C@@H](O)C3CCCC3)[C@H]2C1)N1CCOCC1. The van der Waals surface area contributed by atoms with Crippen LogP contribution in [-0.2, 0) is 9.53 Å². The molecule has 3 fully saturated rings. The van der Waals surface area contributed by atoms with Crippen LogP contribution in [0.2, 0.25) is 0 Å². The summed E-state index contributed by atoms with van der Waals surface area (Å²) in [5.74, 6) is 1.81. The molecule has 168 valence electrons. The minimum atomic E-state index is -0.350. The van der Waals surface area contributed by atoms with Gasteiger partial charge in [-0.3, -0.25) is 4.79 Å². The van der Waals surface area contributed by atoms with E-state index in [1.807, 2.05) is 11.0 Å². The fourth-order valence-electron chi connectivity index (χ4n) is 6.09. The van der Waals surface area contributed by atoms with Gasteiger partial charge < -0.3 is 19.8 Å². The van der Waals surface area contributed by atoms with Crippen LogP contribution in [0.4, 0.5) is 0 Å². The first-order chi connectivity index (χ1) is 14.6. The molecule has 30 heavy (non-hydrogen) atoms. The molecule has 1 heterocycles. The molecule has 5 atom stereocenters. The van der Waals surface area contributed by atoms with Crippen molar-refractivity contribution in [2.24, 2.45) is 23.7 Å². The number of aliphatic hydroxyl groups excluding tert-OH is 2. The summed E-state index contributed by atoms with van der Waals surface area (Å²) in [4.78, 5) is 14.2. The maximum atomic E-state index is 12.3. The smallest absolute Gasteiger partial charge is 0.222 e. The number of morpholine rings is 1. The predicted octanol–water partition coefficient (Wildman–Crippen LogP) is 3.46. The van der Waals surface area contributed by atoms with Gasteiger partial charge in [-0.2, -0.15) is 0 Å². The van der Waals surface area contributed by atoms with Gasteiger partial charge in [-0.05, 0) is 62.7 Å². The third kappa shape index (κ3) is 5.35. The second kappa shape index (κ2) is 10.4. The van der Waals surface area contributed by atoms with Crippen molar-refractivity contribution in [2.45, 2.75) is 76.4 Å². The molecular formula is C25H39NO4. The highest BCUT2D eigenvalue weighted by atomic mass is 16.5. The molecule has 0 aromatic rings. The van der Waals surface area contributed by atoms with Gasteiger partial charge in [0.15, 0.2) is 0 Å². The van der Waals surface area contributed by atoms with E-state index in [4.69, 9.17) is 4.74 Å². The van der Waals surface area contributed by atoms with E-state index in [9.17, 15) is 15.0 Å². The van der Waals surface area contributed by atoms with Crippen LogP contribution < -0.4 is 0 Å². The van der Waals surface area contributed by atoms with Crippen molar-refractivity contribution in [3.8, 4) is 0 Å². The zero-order chi connectivity index (χ0) is 20.9. The van der Waals surface area contributed by atoms with Crippen LogP contribution in [0.3, 0.4) is 0 Å². The topological polar surface area (TPSA) is 70.0 Å². The molecule has 0 aromatic heterocycles. The third-order valence-electron chi connectivity index (χ3n) is 7.87. The largest absolute Gasteiger partial charge is 0.392 e. The Labute approximate surface area is 181 Å². The van der Waals surface area contributed by atoms with Crippen LogP contribution in [0.5, 0.6) is 0 Å². The number of carbonyl (C=O) groups excluding carboxylic acids is 1. The number of unbranched alkanes of at least 4 members (excludes halogenated alkanes) is 1. The maximum Gasteiger partial charge on any atom is 0.222 e. The molecule has 0 radical (unpaired) electrons. The summed E-state index contributed by atoms with van der Waals surface area (Å²) in [7, 11) is 0. The van der Waals surface area contributed by atoms with E-state index < -0.39 is 0 Å².